The molecule has 2 aromatic carbocycles. The van der Waals surface area contributed by atoms with E-state index in [0.717, 1.165) is 12.8 Å². The zero-order valence-electron chi connectivity index (χ0n) is 20.3. The van der Waals surface area contributed by atoms with E-state index < -0.39 is 28.0 Å². The van der Waals surface area contributed by atoms with Gasteiger partial charge in [0, 0.05) is 17.1 Å². The lowest BCUT2D eigenvalue weighted by molar-refractivity contribution is -0.125. The second-order valence-corrected chi connectivity index (χ2v) is 11.2. The number of sulfone groups is 1. The molecule has 1 fully saturated rings. The second-order valence-electron chi connectivity index (χ2n) is 9.34. The van der Waals surface area contributed by atoms with Crippen molar-refractivity contribution in [2.24, 2.45) is 5.92 Å². The van der Waals surface area contributed by atoms with Gasteiger partial charge in [-0.05, 0) is 49.4 Å². The van der Waals surface area contributed by atoms with Gasteiger partial charge in [-0.25, -0.2) is 8.42 Å². The first-order chi connectivity index (χ1) is 16.7. The average Bonchev–Trinajstić information content (AvgIpc) is 2.84. The minimum atomic E-state index is -3.60. The number of anilines is 1. The van der Waals surface area contributed by atoms with E-state index in [1.165, 1.54) is 5.41 Å². The molecule has 0 radical (unpaired) electrons. The van der Waals surface area contributed by atoms with Crippen LogP contribution in [0.1, 0.15) is 46.0 Å². The Balaban J connectivity index is 1.73. The molecule has 35 heavy (non-hydrogen) atoms. The molecule has 1 heterocycles. The van der Waals surface area contributed by atoms with Crippen LogP contribution in [0.15, 0.2) is 77.0 Å². The maximum Gasteiger partial charge on any atom is 0.241 e. The first kappa shape index (κ1) is 26.6. The minimum absolute atomic E-state index is 0.163. The molecule has 8 heteroatoms. The van der Waals surface area contributed by atoms with Crippen LogP contribution in [-0.2, 0) is 19.4 Å². The summed E-state index contributed by atoms with van der Waals surface area (Å²) >= 11 is 0. The molecular weight excluding hydrogens is 462 g/mol. The number of amides is 2. The quantitative estimate of drug-likeness (QED) is 0.536. The lowest BCUT2D eigenvalue weighted by Crippen LogP contribution is -2.54. The molecule has 2 amide bonds. The van der Waals surface area contributed by atoms with Gasteiger partial charge >= 0.3 is 0 Å². The van der Waals surface area contributed by atoms with Crippen LogP contribution in [0.25, 0.3) is 0 Å². The van der Waals surface area contributed by atoms with Crippen LogP contribution in [0.2, 0.25) is 0 Å². The summed E-state index contributed by atoms with van der Waals surface area (Å²) in [4.78, 5) is 26.4. The summed E-state index contributed by atoms with van der Waals surface area (Å²) in [5.74, 6) is -0.167. The van der Waals surface area contributed by atoms with E-state index in [0.29, 0.717) is 24.9 Å². The van der Waals surface area contributed by atoms with E-state index in [1.54, 1.807) is 36.4 Å². The monoisotopic (exact) mass is 497 g/mol. The number of rotatable bonds is 7. The molecule has 3 rings (SSSR count). The zero-order valence-corrected chi connectivity index (χ0v) is 21.1. The van der Waals surface area contributed by atoms with Gasteiger partial charge in [0.15, 0.2) is 9.84 Å². The van der Waals surface area contributed by atoms with Gasteiger partial charge in [0.05, 0.1) is 17.0 Å². The van der Waals surface area contributed by atoms with E-state index in [-0.39, 0.29) is 22.6 Å². The molecule has 7 nitrogen and oxygen atoms in total. The van der Waals surface area contributed by atoms with Gasteiger partial charge < -0.3 is 10.6 Å². The third-order valence-corrected chi connectivity index (χ3v) is 7.38. The molecule has 2 aromatic rings. The van der Waals surface area contributed by atoms with Gasteiger partial charge in [0.2, 0.25) is 11.8 Å². The fraction of sp³-hybridized carbons (Fsp3) is 0.407. The molecule has 1 saturated heterocycles. The number of hydrogen-bond donors (Lipinski definition) is 3. The van der Waals surface area contributed by atoms with Gasteiger partial charge in [-0.15, -0.1) is 0 Å². The van der Waals surface area contributed by atoms with Crippen LogP contribution in [0.5, 0.6) is 0 Å². The van der Waals surface area contributed by atoms with Crippen LogP contribution >= 0.6 is 0 Å². The van der Waals surface area contributed by atoms with Crippen molar-refractivity contribution >= 4 is 27.3 Å². The van der Waals surface area contributed by atoms with Crippen LogP contribution < -0.4 is 16.0 Å². The Hall–Kier alpha value is -2.97. The first-order valence-corrected chi connectivity index (χ1v) is 13.7. The lowest BCUT2D eigenvalue weighted by Gasteiger charge is -2.29. The normalized spacial score (nSPS) is 22.0. The fourth-order valence-corrected chi connectivity index (χ4v) is 5.20. The standard InChI is InChI=1S/C27H35N3O4S/c1-20(2)19-25-27(32)29-22(17-18-35(33,34)23-14-7-4-8-15-23)13-9-10-16-24(30-25)26(31)28-21-11-5-3-6-12-21/h3-8,11-12,14-15,17-18,20,22,24-25,30H,9-10,13,16,19H2,1-2H3,(H,28,31)(H,29,32)/b18-17+/t22-,24+,25-/m0/s1. The summed E-state index contributed by atoms with van der Waals surface area (Å²) in [6.07, 6.45) is 4.80. The predicted molar refractivity (Wildman–Crippen MR) is 138 cm³/mol. The fourth-order valence-electron chi connectivity index (χ4n) is 4.11. The third kappa shape index (κ3) is 8.33. The van der Waals surface area contributed by atoms with E-state index in [1.807, 2.05) is 44.2 Å². The van der Waals surface area contributed by atoms with Gasteiger partial charge in [-0.1, -0.05) is 69.2 Å². The van der Waals surface area contributed by atoms with Crippen molar-refractivity contribution in [2.75, 3.05) is 5.32 Å². The maximum atomic E-state index is 13.2. The number of carbonyl (C=O) groups is 2. The second kappa shape index (κ2) is 12.7. The van der Waals surface area contributed by atoms with Crippen LogP contribution in [0, 0.1) is 5.92 Å². The van der Waals surface area contributed by atoms with Crippen molar-refractivity contribution in [2.45, 2.75) is 69.0 Å². The summed E-state index contributed by atoms with van der Waals surface area (Å²) in [5, 5.41) is 10.4. The van der Waals surface area contributed by atoms with E-state index in [4.69, 9.17) is 0 Å². The summed E-state index contributed by atoms with van der Waals surface area (Å²) < 4.78 is 25.3. The number of benzene rings is 2. The van der Waals surface area contributed by atoms with Gasteiger partial charge in [0.25, 0.3) is 0 Å². The van der Waals surface area contributed by atoms with E-state index in [9.17, 15) is 18.0 Å². The number of para-hydroxylation sites is 1. The Kier molecular flexibility index (Phi) is 9.63. The maximum absolute atomic E-state index is 13.2. The number of nitrogens with one attached hydrogen (secondary N) is 3. The Bertz CT molecular complexity index is 1100. The highest BCUT2D eigenvalue weighted by molar-refractivity contribution is 7.94. The SMILES string of the molecule is CC(C)C[C@@H]1N[C@@H](C(=O)Nc2ccccc2)CCCC[C@@H](/C=C/S(=O)(=O)c2ccccc2)NC1=O. The smallest absolute Gasteiger partial charge is 0.241 e. The van der Waals surface area contributed by atoms with Gasteiger partial charge in [-0.3, -0.25) is 14.9 Å². The summed E-state index contributed by atoms with van der Waals surface area (Å²) in [6, 6.07) is 16.0. The molecule has 1 aliphatic heterocycles. The molecule has 0 bridgehead atoms. The average molecular weight is 498 g/mol. The molecule has 0 unspecified atom stereocenters. The highest BCUT2D eigenvalue weighted by atomic mass is 32.2. The van der Waals surface area contributed by atoms with Crippen molar-refractivity contribution in [3.63, 3.8) is 0 Å². The number of hydrogen-bond acceptors (Lipinski definition) is 5. The van der Waals surface area contributed by atoms with Crippen LogP contribution in [-0.4, -0.2) is 38.4 Å². The Morgan fingerprint density at radius 1 is 1.03 bits per heavy atom. The lowest BCUT2D eigenvalue weighted by atomic mass is 9.97. The summed E-state index contributed by atoms with van der Waals surface area (Å²) in [5.41, 5.74) is 0.714. The third-order valence-electron chi connectivity index (χ3n) is 5.93. The van der Waals surface area contributed by atoms with Gasteiger partial charge in [-0.2, -0.15) is 0 Å². The largest absolute Gasteiger partial charge is 0.349 e. The first-order valence-electron chi connectivity index (χ1n) is 12.2. The minimum Gasteiger partial charge on any atom is -0.349 e. The predicted octanol–water partition coefficient (Wildman–Crippen LogP) is 4.04. The van der Waals surface area contributed by atoms with Crippen molar-refractivity contribution in [3.8, 4) is 0 Å². The molecule has 0 saturated carbocycles. The van der Waals surface area contributed by atoms with Crippen molar-refractivity contribution in [1.29, 1.82) is 0 Å². The molecule has 3 atom stereocenters. The molecule has 0 aliphatic carbocycles. The van der Waals surface area contributed by atoms with Gasteiger partial charge in [0.1, 0.15) is 0 Å². The molecule has 0 aromatic heterocycles. The van der Waals surface area contributed by atoms with Crippen molar-refractivity contribution < 1.29 is 18.0 Å². The molecule has 0 spiro atoms. The molecule has 1 aliphatic rings. The zero-order chi connectivity index (χ0) is 25.3. The van der Waals surface area contributed by atoms with Crippen molar-refractivity contribution in [3.05, 3.63) is 72.1 Å². The van der Waals surface area contributed by atoms with E-state index >= 15 is 0 Å². The summed E-state index contributed by atoms with van der Waals surface area (Å²) in [7, 11) is -3.60. The topological polar surface area (TPSA) is 104 Å². The van der Waals surface area contributed by atoms with E-state index in [2.05, 4.69) is 16.0 Å². The Morgan fingerprint density at radius 2 is 1.66 bits per heavy atom. The van der Waals surface area contributed by atoms with Crippen molar-refractivity contribution in [1.82, 2.24) is 10.6 Å². The summed E-state index contributed by atoms with van der Waals surface area (Å²) in [6.45, 7) is 4.05. The molecule has 3 N–H and O–H groups in total. The highest BCUT2D eigenvalue weighted by Crippen LogP contribution is 2.17. The Labute approximate surface area is 208 Å². The molecule has 188 valence electrons. The molecular formula is C27H35N3O4S. The Morgan fingerprint density at radius 3 is 2.31 bits per heavy atom. The van der Waals surface area contributed by atoms with Crippen LogP contribution in [0.4, 0.5) is 5.69 Å². The van der Waals surface area contributed by atoms with Crippen LogP contribution in [0.3, 0.4) is 0 Å². The highest BCUT2D eigenvalue weighted by Gasteiger charge is 2.29. The number of carbonyl (C=O) groups excluding carboxylic acids is 2.